The molecular weight excluding hydrogens is 269 g/mol. The maximum absolute atomic E-state index is 13.1. The summed E-state index contributed by atoms with van der Waals surface area (Å²) in [6.45, 7) is 0.0257. The van der Waals surface area contributed by atoms with Crippen LogP contribution in [-0.4, -0.2) is 35.4 Å². The summed E-state index contributed by atoms with van der Waals surface area (Å²) >= 11 is 1.21. The number of nitrogens with zero attached hydrogens (tertiary/aromatic N) is 2. The zero-order chi connectivity index (χ0) is 14.0. The largest absolute Gasteiger partial charge is 0.409 e. The van der Waals surface area contributed by atoms with E-state index in [9.17, 15) is 9.18 Å². The summed E-state index contributed by atoms with van der Waals surface area (Å²) in [5.41, 5.74) is 5.34. The maximum atomic E-state index is 13.1. The van der Waals surface area contributed by atoms with Crippen LogP contribution in [0.4, 0.5) is 4.39 Å². The van der Waals surface area contributed by atoms with E-state index in [4.69, 9.17) is 10.9 Å². The van der Waals surface area contributed by atoms with E-state index < -0.39 is 0 Å². The van der Waals surface area contributed by atoms with Crippen molar-refractivity contribution in [3.05, 3.63) is 35.0 Å². The van der Waals surface area contributed by atoms with Gasteiger partial charge in [0.05, 0.1) is 11.4 Å². The van der Waals surface area contributed by atoms with E-state index in [1.165, 1.54) is 28.4 Å². The van der Waals surface area contributed by atoms with Gasteiger partial charge >= 0.3 is 0 Å². The van der Waals surface area contributed by atoms with Crippen molar-refractivity contribution in [2.75, 3.05) is 13.6 Å². The van der Waals surface area contributed by atoms with Crippen LogP contribution in [0.15, 0.2) is 29.4 Å². The van der Waals surface area contributed by atoms with Crippen LogP contribution in [0.2, 0.25) is 0 Å². The third-order valence-electron chi connectivity index (χ3n) is 2.57. The molecule has 0 aliphatic heterocycles. The molecule has 3 N–H and O–H groups in total. The summed E-state index contributed by atoms with van der Waals surface area (Å²) < 4.78 is 13.8. The van der Waals surface area contributed by atoms with Gasteiger partial charge in [-0.25, -0.2) is 4.39 Å². The third kappa shape index (κ3) is 2.82. The van der Waals surface area contributed by atoms with Crippen LogP contribution in [0.5, 0.6) is 0 Å². The Labute approximate surface area is 112 Å². The number of carbonyl (C=O) groups is 1. The lowest BCUT2D eigenvalue weighted by atomic mass is 10.2. The van der Waals surface area contributed by atoms with Crippen LogP contribution >= 0.6 is 11.3 Å². The lowest BCUT2D eigenvalue weighted by molar-refractivity contribution is 0.0818. The Kier molecular flexibility index (Phi) is 3.66. The predicted octanol–water partition coefficient (Wildman–Crippen LogP) is 1.86. The first-order valence-electron chi connectivity index (χ1n) is 5.42. The monoisotopic (exact) mass is 281 g/mol. The van der Waals surface area contributed by atoms with Gasteiger partial charge in [-0.3, -0.25) is 4.79 Å². The fourth-order valence-corrected chi connectivity index (χ4v) is 2.73. The lowest BCUT2D eigenvalue weighted by Gasteiger charge is -2.14. The fourth-order valence-electron chi connectivity index (χ4n) is 1.64. The van der Waals surface area contributed by atoms with Crippen molar-refractivity contribution in [3.63, 3.8) is 0 Å². The number of likely N-dealkylation sites (N-methyl/N-ethyl adjacent to an activating group) is 1. The zero-order valence-electron chi connectivity index (χ0n) is 10.1. The molecule has 0 atom stereocenters. The number of hydrogen-bond donors (Lipinski definition) is 2. The van der Waals surface area contributed by atoms with Crippen molar-refractivity contribution in [1.82, 2.24) is 4.90 Å². The summed E-state index contributed by atoms with van der Waals surface area (Å²) in [5, 5.41) is 12.1. The van der Waals surface area contributed by atoms with E-state index in [0.717, 1.165) is 5.39 Å². The van der Waals surface area contributed by atoms with E-state index in [0.29, 0.717) is 9.58 Å². The van der Waals surface area contributed by atoms with Gasteiger partial charge in [0.1, 0.15) is 5.82 Å². The van der Waals surface area contributed by atoms with E-state index in [2.05, 4.69) is 5.16 Å². The van der Waals surface area contributed by atoms with Crippen LogP contribution in [-0.2, 0) is 0 Å². The minimum absolute atomic E-state index is 0.0257. The minimum Gasteiger partial charge on any atom is -0.409 e. The lowest BCUT2D eigenvalue weighted by Crippen LogP contribution is -2.35. The molecule has 5 nitrogen and oxygen atoms in total. The summed E-state index contributed by atoms with van der Waals surface area (Å²) in [5.74, 6) is -0.644. The SMILES string of the molecule is CN(C/C(N)=N/O)C(=O)c1cc2ccc(F)cc2s1. The van der Waals surface area contributed by atoms with Gasteiger partial charge < -0.3 is 15.8 Å². The first-order valence-corrected chi connectivity index (χ1v) is 6.24. The van der Waals surface area contributed by atoms with E-state index in [-0.39, 0.29) is 24.1 Å². The number of amides is 1. The number of fused-ring (bicyclic) bond motifs is 1. The Balaban J connectivity index is 2.26. The number of oxime groups is 1. The molecule has 19 heavy (non-hydrogen) atoms. The molecule has 0 aliphatic carbocycles. The molecule has 0 aliphatic rings. The molecule has 2 rings (SSSR count). The summed E-state index contributed by atoms with van der Waals surface area (Å²) in [4.78, 5) is 13.9. The van der Waals surface area contributed by atoms with Crippen molar-refractivity contribution in [2.24, 2.45) is 10.9 Å². The molecule has 7 heteroatoms. The summed E-state index contributed by atoms with van der Waals surface area (Å²) in [7, 11) is 1.55. The van der Waals surface area contributed by atoms with Crippen molar-refractivity contribution >= 4 is 33.2 Å². The molecule has 0 spiro atoms. The van der Waals surface area contributed by atoms with Gasteiger partial charge in [0, 0.05) is 11.7 Å². The van der Waals surface area contributed by atoms with Gasteiger partial charge in [0.25, 0.3) is 5.91 Å². The smallest absolute Gasteiger partial charge is 0.264 e. The van der Waals surface area contributed by atoms with Gasteiger partial charge in [0.2, 0.25) is 0 Å². The van der Waals surface area contributed by atoms with Gasteiger partial charge in [-0.05, 0) is 23.6 Å². The molecule has 0 bridgehead atoms. The number of nitrogens with two attached hydrogens (primary N) is 1. The number of carbonyl (C=O) groups excluding carboxylic acids is 1. The highest BCUT2D eigenvalue weighted by Crippen LogP contribution is 2.27. The molecule has 0 radical (unpaired) electrons. The fraction of sp³-hybridized carbons (Fsp3) is 0.167. The number of benzene rings is 1. The first-order chi connectivity index (χ1) is 9.01. The number of thiophene rings is 1. The average molecular weight is 281 g/mol. The summed E-state index contributed by atoms with van der Waals surface area (Å²) in [6.07, 6.45) is 0. The number of halogens is 1. The topological polar surface area (TPSA) is 78.9 Å². The Morgan fingerprint density at radius 3 is 2.95 bits per heavy atom. The normalized spacial score (nSPS) is 11.8. The minimum atomic E-state index is -0.335. The van der Waals surface area contributed by atoms with Crippen LogP contribution < -0.4 is 5.73 Å². The Bertz CT molecular complexity index is 653. The van der Waals surface area contributed by atoms with E-state index in [1.807, 2.05) is 0 Å². The average Bonchev–Trinajstić information content (AvgIpc) is 2.80. The van der Waals surface area contributed by atoms with Gasteiger partial charge in [0.15, 0.2) is 5.84 Å². The van der Waals surface area contributed by atoms with E-state index in [1.54, 1.807) is 19.2 Å². The summed E-state index contributed by atoms with van der Waals surface area (Å²) in [6, 6.07) is 6.07. The molecule has 0 saturated carbocycles. The number of amidine groups is 1. The second-order valence-electron chi connectivity index (χ2n) is 4.05. The molecular formula is C12H12FN3O2S. The van der Waals surface area contributed by atoms with Crippen LogP contribution in [0, 0.1) is 5.82 Å². The van der Waals surface area contributed by atoms with Crippen molar-refractivity contribution in [3.8, 4) is 0 Å². The molecule has 1 heterocycles. The highest BCUT2D eigenvalue weighted by atomic mass is 32.1. The molecule has 1 aromatic carbocycles. The highest BCUT2D eigenvalue weighted by Gasteiger charge is 2.16. The van der Waals surface area contributed by atoms with E-state index >= 15 is 0 Å². The maximum Gasteiger partial charge on any atom is 0.264 e. The molecule has 1 amide bonds. The standard InChI is InChI=1S/C12H12FN3O2S/c1-16(6-11(14)15-18)12(17)10-4-7-2-3-8(13)5-9(7)19-10/h2-5,18H,6H2,1H3,(H2,14,15). The van der Waals surface area contributed by atoms with Crippen molar-refractivity contribution < 1.29 is 14.4 Å². The Morgan fingerprint density at radius 1 is 1.53 bits per heavy atom. The Hall–Kier alpha value is -2.15. The number of hydrogen-bond acceptors (Lipinski definition) is 4. The Morgan fingerprint density at radius 2 is 2.26 bits per heavy atom. The van der Waals surface area contributed by atoms with Crippen LogP contribution in [0.25, 0.3) is 10.1 Å². The molecule has 0 fully saturated rings. The zero-order valence-corrected chi connectivity index (χ0v) is 10.9. The van der Waals surface area contributed by atoms with Crippen molar-refractivity contribution in [1.29, 1.82) is 0 Å². The van der Waals surface area contributed by atoms with Gasteiger partial charge in [-0.1, -0.05) is 11.2 Å². The molecule has 100 valence electrons. The predicted molar refractivity (Wildman–Crippen MR) is 72.2 cm³/mol. The number of rotatable bonds is 3. The van der Waals surface area contributed by atoms with Crippen LogP contribution in [0.3, 0.4) is 0 Å². The molecule has 2 aromatic rings. The second-order valence-corrected chi connectivity index (χ2v) is 5.13. The van der Waals surface area contributed by atoms with Gasteiger partial charge in [-0.2, -0.15) is 0 Å². The quantitative estimate of drug-likeness (QED) is 0.390. The van der Waals surface area contributed by atoms with Crippen molar-refractivity contribution in [2.45, 2.75) is 0 Å². The second kappa shape index (κ2) is 5.23. The molecule has 0 saturated heterocycles. The molecule has 1 aromatic heterocycles. The third-order valence-corrected chi connectivity index (χ3v) is 3.65. The van der Waals surface area contributed by atoms with Crippen LogP contribution in [0.1, 0.15) is 9.67 Å². The highest BCUT2D eigenvalue weighted by molar-refractivity contribution is 7.20. The first kappa shape index (κ1) is 13.3. The van der Waals surface area contributed by atoms with Gasteiger partial charge in [-0.15, -0.1) is 11.3 Å². The molecule has 0 unspecified atom stereocenters.